The Morgan fingerprint density at radius 2 is 1.74 bits per heavy atom. The molecule has 0 spiro atoms. The van der Waals surface area contributed by atoms with Gasteiger partial charge in [-0.15, -0.1) is 0 Å². The first-order valence-electron chi connectivity index (χ1n) is 9.94. The van der Waals surface area contributed by atoms with E-state index in [0.717, 1.165) is 28.0 Å². The fraction of sp³-hybridized carbons (Fsp3) is 0.160. The first-order chi connectivity index (χ1) is 14.8. The predicted molar refractivity (Wildman–Crippen MR) is 122 cm³/mol. The maximum atomic E-state index is 12.4. The molecule has 0 saturated heterocycles. The van der Waals surface area contributed by atoms with E-state index in [4.69, 9.17) is 4.74 Å². The highest BCUT2D eigenvalue weighted by Crippen LogP contribution is 2.33. The average molecular weight is 434 g/mol. The zero-order valence-electron chi connectivity index (χ0n) is 17.2. The van der Waals surface area contributed by atoms with Crippen LogP contribution in [0.2, 0.25) is 0 Å². The van der Waals surface area contributed by atoms with Crippen LogP contribution in [0.3, 0.4) is 0 Å². The van der Waals surface area contributed by atoms with E-state index in [0.29, 0.717) is 23.4 Å². The maximum absolute atomic E-state index is 12.4. The molecule has 1 aliphatic heterocycles. The molecule has 0 aliphatic carbocycles. The molecule has 158 valence electrons. The van der Waals surface area contributed by atoms with Crippen LogP contribution in [0.5, 0.6) is 5.75 Å². The van der Waals surface area contributed by atoms with Gasteiger partial charge in [0.25, 0.3) is 5.91 Å². The Kier molecular flexibility index (Phi) is 5.65. The summed E-state index contributed by atoms with van der Waals surface area (Å²) >= 11 is 0. The van der Waals surface area contributed by atoms with Crippen LogP contribution in [0.15, 0.2) is 78.2 Å². The van der Waals surface area contributed by atoms with Crippen LogP contribution in [0.25, 0.3) is 17.2 Å². The van der Waals surface area contributed by atoms with Crippen molar-refractivity contribution in [3.05, 3.63) is 90.0 Å². The Bertz CT molecular complexity index is 1230. The first-order valence-corrected chi connectivity index (χ1v) is 11.8. The number of carbonyl (C=O) groups is 1. The Hall–Kier alpha value is -3.38. The van der Waals surface area contributed by atoms with Crippen molar-refractivity contribution >= 4 is 21.8 Å². The van der Waals surface area contributed by atoms with Crippen molar-refractivity contribution in [2.24, 2.45) is 0 Å². The molecule has 0 unspecified atom stereocenters. The van der Waals surface area contributed by atoms with E-state index in [2.05, 4.69) is 18.0 Å². The van der Waals surface area contributed by atoms with Crippen molar-refractivity contribution in [1.82, 2.24) is 5.32 Å². The first kappa shape index (κ1) is 20.9. The largest absolute Gasteiger partial charge is 0.488 e. The summed E-state index contributed by atoms with van der Waals surface area (Å²) in [5.41, 5.74) is 4.57. The van der Waals surface area contributed by atoms with E-state index >= 15 is 0 Å². The van der Waals surface area contributed by atoms with Crippen molar-refractivity contribution in [1.29, 1.82) is 0 Å². The molecular formula is C25H23NO4S. The van der Waals surface area contributed by atoms with Crippen LogP contribution < -0.4 is 10.1 Å². The molecule has 1 N–H and O–H groups in total. The second kappa shape index (κ2) is 8.40. The molecule has 1 amide bonds. The van der Waals surface area contributed by atoms with Gasteiger partial charge < -0.3 is 10.1 Å². The van der Waals surface area contributed by atoms with Crippen molar-refractivity contribution in [2.75, 3.05) is 12.8 Å². The number of hydrogen-bond acceptors (Lipinski definition) is 4. The molecule has 1 atom stereocenters. The Balaban J connectivity index is 1.40. The third-order valence-corrected chi connectivity index (χ3v) is 6.44. The zero-order chi connectivity index (χ0) is 22.0. The van der Waals surface area contributed by atoms with Crippen LogP contribution in [0.4, 0.5) is 0 Å². The van der Waals surface area contributed by atoms with Gasteiger partial charge in [-0.25, -0.2) is 8.42 Å². The van der Waals surface area contributed by atoms with Gasteiger partial charge in [0.2, 0.25) is 0 Å². The average Bonchev–Trinajstić information content (AvgIpc) is 3.19. The molecule has 1 aliphatic rings. The molecule has 3 aromatic carbocycles. The SMILES string of the molecule is C=Cc1ccc(C(=O)NC[C@@H]2Cc3cc(-c4ccc(S(C)(=O)=O)cc4)ccc3O2)cc1. The summed E-state index contributed by atoms with van der Waals surface area (Å²) < 4.78 is 29.3. The summed E-state index contributed by atoms with van der Waals surface area (Å²) in [7, 11) is -3.21. The number of benzene rings is 3. The topological polar surface area (TPSA) is 72.5 Å². The van der Waals surface area contributed by atoms with E-state index < -0.39 is 9.84 Å². The molecule has 0 radical (unpaired) electrons. The molecule has 0 bridgehead atoms. The monoisotopic (exact) mass is 433 g/mol. The lowest BCUT2D eigenvalue weighted by Gasteiger charge is -2.12. The highest BCUT2D eigenvalue weighted by Gasteiger charge is 2.24. The van der Waals surface area contributed by atoms with Crippen molar-refractivity contribution in [3.63, 3.8) is 0 Å². The van der Waals surface area contributed by atoms with Gasteiger partial charge in [-0.1, -0.05) is 43.0 Å². The summed E-state index contributed by atoms with van der Waals surface area (Å²) in [5, 5.41) is 2.93. The number of fused-ring (bicyclic) bond motifs is 1. The highest BCUT2D eigenvalue weighted by molar-refractivity contribution is 7.90. The summed E-state index contributed by atoms with van der Waals surface area (Å²) in [5.74, 6) is 0.674. The van der Waals surface area contributed by atoms with Gasteiger partial charge >= 0.3 is 0 Å². The highest BCUT2D eigenvalue weighted by atomic mass is 32.2. The van der Waals surface area contributed by atoms with Crippen LogP contribution in [-0.4, -0.2) is 33.2 Å². The minimum atomic E-state index is -3.21. The number of rotatable bonds is 6. The lowest BCUT2D eigenvalue weighted by Crippen LogP contribution is -2.34. The minimum absolute atomic E-state index is 0.130. The van der Waals surface area contributed by atoms with Gasteiger partial charge in [-0.3, -0.25) is 4.79 Å². The summed E-state index contributed by atoms with van der Waals surface area (Å²) in [4.78, 5) is 12.7. The number of nitrogens with one attached hydrogen (secondary N) is 1. The lowest BCUT2D eigenvalue weighted by molar-refractivity contribution is 0.0933. The third kappa shape index (κ3) is 4.70. The lowest BCUT2D eigenvalue weighted by atomic mass is 10.0. The number of ether oxygens (including phenoxy) is 1. The van der Waals surface area contributed by atoms with Crippen LogP contribution in [0.1, 0.15) is 21.5 Å². The molecule has 0 fully saturated rings. The van der Waals surface area contributed by atoms with Crippen molar-refractivity contribution < 1.29 is 17.9 Å². The third-order valence-electron chi connectivity index (χ3n) is 5.32. The Morgan fingerprint density at radius 1 is 1.06 bits per heavy atom. The second-order valence-electron chi connectivity index (χ2n) is 7.60. The Labute approximate surface area is 182 Å². The molecule has 3 aromatic rings. The molecule has 0 aromatic heterocycles. The molecule has 4 rings (SSSR count). The van der Waals surface area contributed by atoms with E-state index in [-0.39, 0.29) is 12.0 Å². The van der Waals surface area contributed by atoms with Gasteiger partial charge in [0.1, 0.15) is 11.9 Å². The second-order valence-corrected chi connectivity index (χ2v) is 9.61. The minimum Gasteiger partial charge on any atom is -0.488 e. The van der Waals surface area contributed by atoms with Gasteiger partial charge in [0.15, 0.2) is 9.84 Å². The number of carbonyl (C=O) groups excluding carboxylic acids is 1. The normalized spacial score (nSPS) is 15.1. The van der Waals surface area contributed by atoms with Gasteiger partial charge in [-0.05, 0) is 58.7 Å². The van der Waals surface area contributed by atoms with Gasteiger partial charge in [0, 0.05) is 18.2 Å². The zero-order valence-corrected chi connectivity index (χ0v) is 18.0. The van der Waals surface area contributed by atoms with Gasteiger partial charge in [-0.2, -0.15) is 0 Å². The molecule has 1 heterocycles. The van der Waals surface area contributed by atoms with Crippen molar-refractivity contribution in [2.45, 2.75) is 17.4 Å². The van der Waals surface area contributed by atoms with E-state index in [1.807, 2.05) is 36.4 Å². The van der Waals surface area contributed by atoms with Crippen LogP contribution in [-0.2, 0) is 16.3 Å². The maximum Gasteiger partial charge on any atom is 0.251 e. The number of hydrogen-bond donors (Lipinski definition) is 1. The number of amides is 1. The van der Waals surface area contributed by atoms with E-state index in [1.165, 1.54) is 6.26 Å². The molecule has 5 nitrogen and oxygen atoms in total. The fourth-order valence-corrected chi connectivity index (χ4v) is 4.22. The van der Waals surface area contributed by atoms with Crippen molar-refractivity contribution in [3.8, 4) is 16.9 Å². The Morgan fingerprint density at radius 3 is 2.39 bits per heavy atom. The molecule has 0 saturated carbocycles. The smallest absolute Gasteiger partial charge is 0.251 e. The van der Waals surface area contributed by atoms with Crippen LogP contribution in [0, 0.1) is 0 Å². The standard InChI is InChI=1S/C25H23NO4S/c1-3-17-4-6-19(7-5-17)25(27)26-16-22-15-21-14-20(10-13-24(21)30-22)18-8-11-23(12-9-18)31(2,28)29/h3-14,22H,1,15-16H2,2H3,(H,26,27)/t22-/m0/s1. The van der Waals surface area contributed by atoms with Gasteiger partial charge in [0.05, 0.1) is 11.4 Å². The predicted octanol–water partition coefficient (Wildman–Crippen LogP) is 4.13. The quantitative estimate of drug-likeness (QED) is 0.634. The van der Waals surface area contributed by atoms with E-state index in [9.17, 15) is 13.2 Å². The molecule has 6 heteroatoms. The summed E-state index contributed by atoms with van der Waals surface area (Å²) in [6, 6.07) is 20.1. The van der Waals surface area contributed by atoms with E-state index in [1.54, 1.807) is 30.3 Å². The fourth-order valence-electron chi connectivity index (χ4n) is 3.59. The summed E-state index contributed by atoms with van der Waals surface area (Å²) in [6.45, 7) is 4.12. The number of sulfone groups is 1. The summed E-state index contributed by atoms with van der Waals surface area (Å²) in [6.07, 6.45) is 3.50. The molecule has 31 heavy (non-hydrogen) atoms. The molecular weight excluding hydrogens is 410 g/mol. The van der Waals surface area contributed by atoms with Crippen LogP contribution >= 0.6 is 0 Å².